The zero-order chi connectivity index (χ0) is 15.1. The van der Waals surface area contributed by atoms with Gasteiger partial charge in [-0.15, -0.1) is 0 Å². The van der Waals surface area contributed by atoms with Crippen molar-refractivity contribution in [1.82, 2.24) is 15.5 Å². The topological polar surface area (TPSA) is 89.3 Å². The van der Waals surface area contributed by atoms with Gasteiger partial charge in [-0.25, -0.2) is 0 Å². The van der Waals surface area contributed by atoms with Gasteiger partial charge in [-0.2, -0.15) is 4.98 Å². The molecule has 7 nitrogen and oxygen atoms in total. The van der Waals surface area contributed by atoms with E-state index in [4.69, 9.17) is 9.26 Å². The maximum Gasteiger partial charge on any atom is 0.260 e. The van der Waals surface area contributed by atoms with Crippen molar-refractivity contribution in [3.8, 4) is 11.5 Å². The summed E-state index contributed by atoms with van der Waals surface area (Å²) in [4.78, 5) is 16.1. The second-order valence-electron chi connectivity index (χ2n) is 4.41. The molecule has 1 aromatic heterocycles. The number of carbonyl (C=O) groups excluding carboxylic acids is 1. The van der Waals surface area contributed by atoms with Crippen LogP contribution in [0.2, 0.25) is 0 Å². The molecule has 0 fully saturated rings. The molecule has 0 bridgehead atoms. The number of hydrogen-bond acceptors (Lipinski definition) is 6. The Balaban J connectivity index is 2.02. The number of benzene rings is 1. The quantitative estimate of drug-likeness (QED) is 0.745. The summed E-state index contributed by atoms with van der Waals surface area (Å²) in [6.45, 7) is 3.13. The summed E-state index contributed by atoms with van der Waals surface area (Å²) in [7, 11) is 1.62. The van der Waals surface area contributed by atoms with Crippen molar-refractivity contribution >= 4 is 11.6 Å². The summed E-state index contributed by atoms with van der Waals surface area (Å²) in [5, 5.41) is 9.56. The van der Waals surface area contributed by atoms with Crippen molar-refractivity contribution in [3.63, 3.8) is 0 Å². The van der Waals surface area contributed by atoms with E-state index < -0.39 is 0 Å². The first-order chi connectivity index (χ1) is 10.2. The van der Waals surface area contributed by atoms with Gasteiger partial charge in [0.05, 0.1) is 24.4 Å². The molecule has 2 rings (SSSR count). The Kier molecular flexibility index (Phi) is 5.42. The number of methoxy groups -OCH3 is 1. The molecule has 0 aliphatic heterocycles. The highest BCUT2D eigenvalue weighted by atomic mass is 16.5. The molecular formula is C14H18N4O3. The van der Waals surface area contributed by atoms with Gasteiger partial charge in [0.2, 0.25) is 5.91 Å². The lowest BCUT2D eigenvalue weighted by Gasteiger charge is -2.09. The van der Waals surface area contributed by atoms with E-state index in [-0.39, 0.29) is 12.5 Å². The van der Waals surface area contributed by atoms with E-state index in [2.05, 4.69) is 20.8 Å². The molecule has 0 saturated carbocycles. The number of para-hydroxylation sites is 1. The zero-order valence-corrected chi connectivity index (χ0v) is 12.0. The summed E-state index contributed by atoms with van der Waals surface area (Å²) in [6, 6.07) is 7.30. The van der Waals surface area contributed by atoms with Crippen molar-refractivity contribution in [2.75, 3.05) is 32.1 Å². The first-order valence-corrected chi connectivity index (χ1v) is 6.60. The van der Waals surface area contributed by atoms with Gasteiger partial charge in [0.15, 0.2) is 5.82 Å². The first kappa shape index (κ1) is 15.1. The molecule has 1 heterocycles. The van der Waals surface area contributed by atoms with Gasteiger partial charge in [-0.05, 0) is 19.1 Å². The number of carbonyl (C=O) groups is 1. The van der Waals surface area contributed by atoms with Gasteiger partial charge in [0.1, 0.15) is 0 Å². The van der Waals surface area contributed by atoms with Crippen LogP contribution < -0.4 is 10.6 Å². The van der Waals surface area contributed by atoms with E-state index >= 15 is 0 Å². The van der Waals surface area contributed by atoms with Crippen molar-refractivity contribution in [2.45, 2.75) is 6.92 Å². The van der Waals surface area contributed by atoms with E-state index in [1.165, 1.54) is 0 Å². The Bertz CT molecular complexity index is 597. The summed E-state index contributed by atoms with van der Waals surface area (Å²) in [6.07, 6.45) is 0. The van der Waals surface area contributed by atoms with E-state index in [1.54, 1.807) is 20.1 Å². The second kappa shape index (κ2) is 7.51. The Morgan fingerprint density at radius 3 is 2.90 bits per heavy atom. The Morgan fingerprint density at radius 2 is 2.19 bits per heavy atom. The maximum atomic E-state index is 11.9. The molecular weight excluding hydrogens is 272 g/mol. The van der Waals surface area contributed by atoms with Crippen LogP contribution in [0.4, 0.5) is 5.69 Å². The number of aromatic nitrogens is 2. The van der Waals surface area contributed by atoms with Crippen LogP contribution in [0.3, 0.4) is 0 Å². The number of hydrogen-bond donors (Lipinski definition) is 2. The molecule has 0 atom stereocenters. The maximum absolute atomic E-state index is 11.9. The minimum Gasteiger partial charge on any atom is -0.383 e. The number of aryl methyl sites for hydroxylation is 1. The van der Waals surface area contributed by atoms with Crippen LogP contribution >= 0.6 is 0 Å². The molecule has 7 heteroatoms. The normalized spacial score (nSPS) is 10.6. The average molecular weight is 290 g/mol. The predicted octanol–water partition coefficient (Wildman–Crippen LogP) is 1.22. The van der Waals surface area contributed by atoms with E-state index in [0.29, 0.717) is 36.1 Å². The lowest BCUT2D eigenvalue weighted by Crippen LogP contribution is -2.30. The minimum atomic E-state index is -0.144. The molecule has 1 aromatic carbocycles. The number of amides is 1. The average Bonchev–Trinajstić information content (AvgIpc) is 2.91. The Hall–Kier alpha value is -2.25. The molecule has 2 aromatic rings. The smallest absolute Gasteiger partial charge is 0.260 e. The second-order valence-corrected chi connectivity index (χ2v) is 4.41. The highest BCUT2D eigenvalue weighted by Gasteiger charge is 2.12. The first-order valence-electron chi connectivity index (χ1n) is 6.60. The van der Waals surface area contributed by atoms with Gasteiger partial charge in [-0.1, -0.05) is 17.3 Å². The number of anilines is 1. The number of nitrogens with one attached hydrogen (secondary N) is 2. The van der Waals surface area contributed by atoms with Crippen molar-refractivity contribution in [2.24, 2.45) is 0 Å². The summed E-state index contributed by atoms with van der Waals surface area (Å²) >= 11 is 0. The third-order valence-corrected chi connectivity index (χ3v) is 2.73. The van der Waals surface area contributed by atoms with Crippen LogP contribution in [0.1, 0.15) is 5.82 Å². The van der Waals surface area contributed by atoms with Gasteiger partial charge in [0, 0.05) is 13.7 Å². The van der Waals surface area contributed by atoms with Gasteiger partial charge >= 0.3 is 0 Å². The molecule has 0 radical (unpaired) electrons. The molecule has 0 unspecified atom stereocenters. The van der Waals surface area contributed by atoms with Crippen LogP contribution in [0.5, 0.6) is 0 Å². The molecule has 0 saturated heterocycles. The van der Waals surface area contributed by atoms with Crippen LogP contribution in [0, 0.1) is 6.92 Å². The molecule has 0 aliphatic carbocycles. The molecule has 112 valence electrons. The molecule has 0 aliphatic rings. The van der Waals surface area contributed by atoms with Crippen LogP contribution in [-0.4, -0.2) is 42.9 Å². The fourth-order valence-electron chi connectivity index (χ4n) is 1.76. The number of rotatable bonds is 7. The van der Waals surface area contributed by atoms with Crippen molar-refractivity contribution in [3.05, 3.63) is 30.1 Å². The third-order valence-electron chi connectivity index (χ3n) is 2.73. The van der Waals surface area contributed by atoms with E-state index in [0.717, 1.165) is 0 Å². The highest BCUT2D eigenvalue weighted by molar-refractivity contribution is 5.95. The molecule has 1 amide bonds. The largest absolute Gasteiger partial charge is 0.383 e. The van der Waals surface area contributed by atoms with Crippen molar-refractivity contribution in [1.29, 1.82) is 0 Å². The molecule has 21 heavy (non-hydrogen) atoms. The van der Waals surface area contributed by atoms with Crippen LogP contribution in [-0.2, 0) is 9.53 Å². The Morgan fingerprint density at radius 1 is 1.38 bits per heavy atom. The lowest BCUT2D eigenvalue weighted by atomic mass is 10.1. The Labute approximate surface area is 122 Å². The third kappa shape index (κ3) is 4.37. The fourth-order valence-corrected chi connectivity index (χ4v) is 1.76. The minimum absolute atomic E-state index is 0.144. The SMILES string of the molecule is COCCNCC(=O)Nc1ccccc1-c1nc(C)no1. The zero-order valence-electron chi connectivity index (χ0n) is 12.0. The predicted molar refractivity (Wildman–Crippen MR) is 77.8 cm³/mol. The number of ether oxygens (including phenoxy) is 1. The summed E-state index contributed by atoms with van der Waals surface area (Å²) in [5.74, 6) is 0.790. The van der Waals surface area contributed by atoms with Crippen molar-refractivity contribution < 1.29 is 14.1 Å². The van der Waals surface area contributed by atoms with Gasteiger partial charge < -0.3 is 19.9 Å². The van der Waals surface area contributed by atoms with Gasteiger partial charge in [0.25, 0.3) is 5.89 Å². The molecule has 0 spiro atoms. The lowest BCUT2D eigenvalue weighted by molar-refractivity contribution is -0.115. The van der Waals surface area contributed by atoms with Gasteiger partial charge in [-0.3, -0.25) is 4.79 Å². The van der Waals surface area contributed by atoms with E-state index in [1.807, 2.05) is 18.2 Å². The molecule has 2 N–H and O–H groups in total. The number of nitrogens with zero attached hydrogens (tertiary/aromatic N) is 2. The standard InChI is InChI=1S/C14H18N4O3/c1-10-16-14(21-18-10)11-5-3-4-6-12(11)17-13(19)9-15-7-8-20-2/h3-6,15H,7-9H2,1-2H3,(H,17,19). The highest BCUT2D eigenvalue weighted by Crippen LogP contribution is 2.26. The monoisotopic (exact) mass is 290 g/mol. The summed E-state index contributed by atoms with van der Waals surface area (Å²) in [5.41, 5.74) is 1.34. The van der Waals surface area contributed by atoms with Crippen LogP contribution in [0.25, 0.3) is 11.5 Å². The van der Waals surface area contributed by atoms with E-state index in [9.17, 15) is 4.79 Å². The summed E-state index contributed by atoms with van der Waals surface area (Å²) < 4.78 is 10.0. The van der Waals surface area contributed by atoms with Crippen LogP contribution in [0.15, 0.2) is 28.8 Å². The fraction of sp³-hybridized carbons (Fsp3) is 0.357.